The van der Waals surface area contributed by atoms with Crippen molar-refractivity contribution in [1.29, 1.82) is 0 Å². The van der Waals surface area contributed by atoms with Crippen LogP contribution < -0.4 is 10.1 Å². The molecule has 1 atom stereocenters. The molecule has 9 nitrogen and oxygen atoms in total. The fourth-order valence-electron chi connectivity index (χ4n) is 6.32. The smallest absolute Gasteiger partial charge is 0.412 e. The van der Waals surface area contributed by atoms with Crippen LogP contribution in [-0.4, -0.2) is 82.7 Å². The Kier molecular flexibility index (Phi) is 8.90. The number of aryl methyl sites for hydroxylation is 1. The van der Waals surface area contributed by atoms with Crippen molar-refractivity contribution >= 4 is 17.3 Å². The molecule has 1 aromatic carbocycles. The Balaban J connectivity index is 1.37. The van der Waals surface area contributed by atoms with Gasteiger partial charge in [0, 0.05) is 56.1 Å². The number of amides is 1. The predicted molar refractivity (Wildman–Crippen MR) is 158 cm³/mol. The lowest BCUT2D eigenvalue weighted by Crippen LogP contribution is -2.49. The van der Waals surface area contributed by atoms with Crippen molar-refractivity contribution in [3.8, 4) is 17.0 Å². The molecule has 216 valence electrons. The van der Waals surface area contributed by atoms with Crippen molar-refractivity contribution in [1.82, 2.24) is 24.2 Å². The number of rotatable bonds is 8. The van der Waals surface area contributed by atoms with Crippen molar-refractivity contribution < 1.29 is 14.3 Å². The number of nitrogens with zero attached hydrogens (tertiary/aromatic N) is 5. The highest BCUT2D eigenvalue weighted by Crippen LogP contribution is 2.39. The number of fused-ring (bicyclic) bond motifs is 1. The molecule has 9 heteroatoms. The molecule has 1 saturated heterocycles. The number of hydrogen-bond donors (Lipinski definition) is 1. The maximum atomic E-state index is 12.4. The molecule has 1 amide bonds. The van der Waals surface area contributed by atoms with Crippen LogP contribution in [0.5, 0.6) is 5.75 Å². The minimum atomic E-state index is -0.478. The van der Waals surface area contributed by atoms with E-state index in [-0.39, 0.29) is 6.10 Å². The number of piperazine rings is 1. The molecular weight excluding hydrogens is 504 g/mol. The second-order valence-corrected chi connectivity index (χ2v) is 11.4. The molecule has 1 N–H and O–H groups in total. The summed E-state index contributed by atoms with van der Waals surface area (Å²) in [6, 6.07) is 6.46. The zero-order valence-electron chi connectivity index (χ0n) is 24.7. The second-order valence-electron chi connectivity index (χ2n) is 11.4. The lowest BCUT2D eigenvalue weighted by molar-refractivity contribution is 0.0872. The van der Waals surface area contributed by atoms with Gasteiger partial charge in [-0.2, -0.15) is 0 Å². The molecule has 0 spiro atoms. The summed E-state index contributed by atoms with van der Waals surface area (Å²) in [6.45, 7) is 10.7. The zero-order chi connectivity index (χ0) is 28.2. The van der Waals surface area contributed by atoms with Gasteiger partial charge >= 0.3 is 6.09 Å². The Hall–Kier alpha value is -3.17. The molecule has 0 radical (unpaired) electrons. The minimum Gasteiger partial charge on any atom is -0.495 e. The van der Waals surface area contributed by atoms with E-state index in [2.05, 4.69) is 38.5 Å². The Morgan fingerprint density at radius 1 is 1.15 bits per heavy atom. The molecule has 1 aliphatic carbocycles. The number of aromatic nitrogens is 3. The number of nitrogens with one attached hydrogen (secondary N) is 1. The maximum absolute atomic E-state index is 12.4. The van der Waals surface area contributed by atoms with E-state index in [4.69, 9.17) is 14.5 Å². The Labute approximate surface area is 237 Å². The lowest BCUT2D eigenvalue weighted by Gasteiger charge is -2.41. The number of likely N-dealkylation sites (N-methyl/N-ethyl adjacent to an activating group) is 1. The third kappa shape index (κ3) is 6.10. The molecular formula is C31H44N6O3. The second kappa shape index (κ2) is 12.6. The number of ether oxygens (including phenoxy) is 2. The van der Waals surface area contributed by atoms with Crippen LogP contribution in [-0.2, 0) is 4.74 Å². The van der Waals surface area contributed by atoms with Gasteiger partial charge in [-0.3, -0.25) is 19.6 Å². The summed E-state index contributed by atoms with van der Waals surface area (Å²) >= 11 is 0. The van der Waals surface area contributed by atoms with E-state index in [1.165, 1.54) is 25.9 Å². The van der Waals surface area contributed by atoms with Crippen LogP contribution in [0, 0.1) is 6.92 Å². The zero-order valence-corrected chi connectivity index (χ0v) is 24.7. The van der Waals surface area contributed by atoms with Gasteiger partial charge < -0.3 is 14.4 Å². The fourth-order valence-corrected chi connectivity index (χ4v) is 6.32. The standard InChI is InChI=1S/C31H44N6O3/c1-6-7-21(2)40-31(38)33-26-13-10-24(20-27(26)39-5)28-29-22(3)32-14-15-37(29)30(34-28)23-8-11-25(12-9-23)36-18-16-35(4)17-19-36/h10,13-15,20-21,23,25H,6-9,11-12,16-19H2,1-5H3,(H,33,38)/t21-,23-,25+/m0/s1. The van der Waals surface area contributed by atoms with Gasteiger partial charge in [0.05, 0.1) is 29.7 Å². The van der Waals surface area contributed by atoms with E-state index in [9.17, 15) is 4.79 Å². The topological polar surface area (TPSA) is 84.2 Å². The Bertz CT molecular complexity index is 1310. The summed E-state index contributed by atoms with van der Waals surface area (Å²) < 4.78 is 13.4. The normalized spacial score (nSPS) is 21.3. The average Bonchev–Trinajstić information content (AvgIpc) is 3.35. The van der Waals surface area contributed by atoms with E-state index in [1.54, 1.807) is 7.11 Å². The number of anilines is 1. The number of hydrogen-bond acceptors (Lipinski definition) is 7. The largest absolute Gasteiger partial charge is 0.495 e. The van der Waals surface area contributed by atoms with Gasteiger partial charge in [0.2, 0.25) is 0 Å². The molecule has 3 heterocycles. The number of imidazole rings is 1. The molecule has 0 unspecified atom stereocenters. The number of carbonyl (C=O) groups excluding carboxylic acids is 1. The van der Waals surface area contributed by atoms with E-state index < -0.39 is 6.09 Å². The minimum absolute atomic E-state index is 0.141. The van der Waals surface area contributed by atoms with Crippen molar-refractivity contribution in [2.24, 2.45) is 0 Å². The summed E-state index contributed by atoms with van der Waals surface area (Å²) in [5, 5.41) is 2.84. The Morgan fingerprint density at radius 2 is 1.90 bits per heavy atom. The van der Waals surface area contributed by atoms with Gasteiger partial charge in [0.15, 0.2) is 0 Å². The van der Waals surface area contributed by atoms with Crippen LogP contribution in [0.2, 0.25) is 0 Å². The quantitative estimate of drug-likeness (QED) is 0.385. The highest BCUT2D eigenvalue weighted by Gasteiger charge is 2.31. The maximum Gasteiger partial charge on any atom is 0.412 e. The third-order valence-electron chi connectivity index (χ3n) is 8.60. The predicted octanol–water partition coefficient (Wildman–Crippen LogP) is 5.72. The number of methoxy groups -OCH3 is 1. The Morgan fingerprint density at radius 3 is 2.60 bits per heavy atom. The summed E-state index contributed by atoms with van der Waals surface area (Å²) in [7, 11) is 3.83. The number of carbonyl (C=O) groups is 1. The molecule has 0 bridgehead atoms. The summed E-state index contributed by atoms with van der Waals surface area (Å²) in [5.74, 6) is 2.09. The highest BCUT2D eigenvalue weighted by molar-refractivity contribution is 5.89. The van der Waals surface area contributed by atoms with Crippen molar-refractivity contribution in [3.05, 3.63) is 42.1 Å². The van der Waals surface area contributed by atoms with E-state index in [0.29, 0.717) is 23.4 Å². The van der Waals surface area contributed by atoms with Crippen molar-refractivity contribution in [2.75, 3.05) is 45.7 Å². The first kappa shape index (κ1) is 28.4. The molecule has 1 saturated carbocycles. The van der Waals surface area contributed by atoms with Crippen molar-refractivity contribution in [2.45, 2.75) is 77.4 Å². The van der Waals surface area contributed by atoms with Crippen LogP contribution in [0.15, 0.2) is 30.6 Å². The van der Waals surface area contributed by atoms with Gasteiger partial charge in [0.1, 0.15) is 17.7 Å². The van der Waals surface area contributed by atoms with Gasteiger partial charge in [0.25, 0.3) is 0 Å². The van der Waals surface area contributed by atoms with Crippen LogP contribution in [0.25, 0.3) is 16.8 Å². The van der Waals surface area contributed by atoms with Gasteiger partial charge in [-0.15, -0.1) is 0 Å². The number of benzene rings is 1. The van der Waals surface area contributed by atoms with Crippen LogP contribution in [0.4, 0.5) is 10.5 Å². The van der Waals surface area contributed by atoms with E-state index in [1.807, 2.05) is 44.4 Å². The highest BCUT2D eigenvalue weighted by atomic mass is 16.6. The third-order valence-corrected chi connectivity index (χ3v) is 8.60. The van der Waals surface area contributed by atoms with Crippen LogP contribution >= 0.6 is 0 Å². The van der Waals surface area contributed by atoms with Gasteiger partial charge in [-0.1, -0.05) is 19.4 Å². The van der Waals surface area contributed by atoms with E-state index >= 15 is 0 Å². The summed E-state index contributed by atoms with van der Waals surface area (Å²) in [6.07, 6.45) is 9.78. The molecule has 40 heavy (non-hydrogen) atoms. The van der Waals surface area contributed by atoms with E-state index in [0.717, 1.165) is 67.1 Å². The summed E-state index contributed by atoms with van der Waals surface area (Å²) in [5.41, 5.74) is 4.36. The summed E-state index contributed by atoms with van der Waals surface area (Å²) in [4.78, 5) is 27.4. The first-order valence-corrected chi connectivity index (χ1v) is 14.8. The molecule has 5 rings (SSSR count). The molecule has 3 aromatic rings. The lowest BCUT2D eigenvalue weighted by atomic mass is 9.84. The molecule has 2 fully saturated rings. The van der Waals surface area contributed by atoms with Crippen LogP contribution in [0.3, 0.4) is 0 Å². The molecule has 1 aliphatic heterocycles. The monoisotopic (exact) mass is 548 g/mol. The SMILES string of the molecule is CCC[C@H](C)OC(=O)Nc1ccc(-c2nc([C@H]3CC[C@@H](N4CCN(C)CC4)CC3)n3ccnc(C)c23)cc1OC. The van der Waals surface area contributed by atoms with Crippen LogP contribution in [0.1, 0.15) is 69.8 Å². The first-order chi connectivity index (χ1) is 19.4. The first-order valence-electron chi connectivity index (χ1n) is 14.8. The fraction of sp³-hybridized carbons (Fsp3) is 0.581. The molecule has 2 aromatic heterocycles. The van der Waals surface area contributed by atoms with Gasteiger partial charge in [-0.25, -0.2) is 9.78 Å². The average molecular weight is 549 g/mol. The van der Waals surface area contributed by atoms with Crippen molar-refractivity contribution in [3.63, 3.8) is 0 Å². The molecule has 2 aliphatic rings. The van der Waals surface area contributed by atoms with Gasteiger partial charge in [-0.05, 0) is 65.1 Å².